The van der Waals surface area contributed by atoms with E-state index in [2.05, 4.69) is 5.16 Å². The second-order valence-corrected chi connectivity index (χ2v) is 2.85. The summed E-state index contributed by atoms with van der Waals surface area (Å²) < 4.78 is 4.73. The Balaban J connectivity index is 0.00000112. The molecule has 4 nitrogen and oxygen atoms in total. The molecule has 0 aliphatic heterocycles. The lowest BCUT2D eigenvalue weighted by atomic mass is 9.87. The van der Waals surface area contributed by atoms with Crippen LogP contribution in [0.4, 0.5) is 0 Å². The normalized spacial score (nSPS) is 10.1. The van der Waals surface area contributed by atoms with Crippen molar-refractivity contribution in [1.29, 1.82) is 0 Å². The second kappa shape index (κ2) is 3.65. The first-order valence-corrected chi connectivity index (χ1v) is 4.15. The Morgan fingerprint density at radius 1 is 1.21 bits per heavy atom. The highest BCUT2D eigenvalue weighted by atomic mass is 16.5. The summed E-state index contributed by atoms with van der Waals surface area (Å²) in [5.41, 5.74) is 1.51. The average molecular weight is 193 g/mol. The first-order chi connectivity index (χ1) is 6.77. The van der Waals surface area contributed by atoms with Gasteiger partial charge in [0.1, 0.15) is 5.69 Å². The monoisotopic (exact) mass is 193 g/mol. The number of hydrogen-bond acceptors (Lipinski definition) is 4. The molecule has 0 bridgehead atoms. The van der Waals surface area contributed by atoms with Gasteiger partial charge < -0.3 is 14.6 Å². The number of hydrogen-bond donors (Lipinski definition) is 2. The Kier molecular flexibility index (Phi) is 2.34. The second-order valence-electron chi connectivity index (χ2n) is 2.85. The molecule has 0 saturated heterocycles. The van der Waals surface area contributed by atoms with Crippen molar-refractivity contribution >= 4 is 12.8 Å². The zero-order chi connectivity index (χ0) is 9.97. The highest BCUT2D eigenvalue weighted by Crippen LogP contribution is 2.14. The minimum atomic E-state index is -1.61. The predicted molar refractivity (Wildman–Crippen MR) is 56.0 cm³/mol. The third-order valence-corrected chi connectivity index (χ3v) is 1.85. The van der Waals surface area contributed by atoms with Gasteiger partial charge in [-0.15, -0.1) is 0 Å². The largest absolute Gasteiger partial charge is 0.529 e. The quantitative estimate of drug-likeness (QED) is 0.682. The summed E-state index contributed by atoms with van der Waals surface area (Å²) in [7, 11) is -1.61. The molecule has 0 radical (unpaired) electrons. The van der Waals surface area contributed by atoms with Crippen molar-refractivity contribution in [3.8, 4) is 11.3 Å². The fraction of sp³-hybridized carbons (Fsp3) is 0. The van der Waals surface area contributed by atoms with Crippen LogP contribution in [0.1, 0.15) is 2.85 Å². The third kappa shape index (κ3) is 1.68. The van der Waals surface area contributed by atoms with Gasteiger partial charge in [-0.3, -0.25) is 0 Å². The molecule has 0 unspecified atom stereocenters. The van der Waals surface area contributed by atoms with Gasteiger partial charge in [0.2, 0.25) is 0 Å². The smallest absolute Gasteiger partial charge is 0.421 e. The highest BCUT2D eigenvalue weighted by Gasteiger charge is 2.18. The highest BCUT2D eigenvalue weighted by molar-refractivity contribution is 6.57. The van der Waals surface area contributed by atoms with Gasteiger partial charge >= 0.3 is 7.12 Å². The first kappa shape index (κ1) is 8.99. The maximum absolute atomic E-state index is 8.81. The molecule has 1 heterocycles. The molecule has 0 aliphatic rings. The van der Waals surface area contributed by atoms with Crippen molar-refractivity contribution < 1.29 is 17.4 Å². The van der Waals surface area contributed by atoms with E-state index in [1.807, 2.05) is 30.3 Å². The van der Waals surface area contributed by atoms with Gasteiger partial charge in [-0.25, -0.2) is 0 Å². The van der Waals surface area contributed by atoms with Crippen LogP contribution in [-0.4, -0.2) is 22.3 Å². The molecule has 0 saturated carbocycles. The van der Waals surface area contributed by atoms with E-state index in [1.165, 1.54) is 6.07 Å². The molecule has 2 rings (SSSR count). The van der Waals surface area contributed by atoms with Crippen LogP contribution >= 0.6 is 0 Å². The van der Waals surface area contributed by atoms with Gasteiger partial charge in [0.15, 0.2) is 5.66 Å². The van der Waals surface area contributed by atoms with Crippen LogP contribution in [0.3, 0.4) is 0 Å². The lowest BCUT2D eigenvalue weighted by molar-refractivity contribution is 0.384. The molecular weight excluding hydrogens is 181 g/mol. The van der Waals surface area contributed by atoms with Crippen molar-refractivity contribution in [2.75, 3.05) is 0 Å². The Hall–Kier alpha value is -1.59. The van der Waals surface area contributed by atoms with Gasteiger partial charge in [0, 0.05) is 14.5 Å². The number of benzene rings is 1. The molecule has 1 aromatic carbocycles. The maximum atomic E-state index is 8.81. The molecule has 0 atom stereocenters. The predicted octanol–water partition coefficient (Wildman–Crippen LogP) is 0.513. The van der Waals surface area contributed by atoms with Crippen LogP contribution in [-0.2, 0) is 0 Å². The van der Waals surface area contributed by atoms with Gasteiger partial charge in [0.25, 0.3) is 0 Å². The van der Waals surface area contributed by atoms with Crippen LogP contribution in [0.5, 0.6) is 0 Å². The third-order valence-electron chi connectivity index (χ3n) is 1.85. The van der Waals surface area contributed by atoms with Crippen LogP contribution < -0.4 is 5.66 Å². The van der Waals surface area contributed by atoms with Crippen molar-refractivity contribution in [2.45, 2.75) is 0 Å². The van der Waals surface area contributed by atoms with E-state index >= 15 is 0 Å². The van der Waals surface area contributed by atoms with E-state index in [0.717, 1.165) is 5.56 Å². The maximum Gasteiger partial charge on any atom is 0.529 e. The average Bonchev–Trinajstić information content (AvgIpc) is 2.68. The van der Waals surface area contributed by atoms with Crippen LogP contribution in [0.15, 0.2) is 40.9 Å². The molecule has 5 heteroatoms. The molecule has 2 N–H and O–H groups in total. The van der Waals surface area contributed by atoms with E-state index in [4.69, 9.17) is 14.6 Å². The van der Waals surface area contributed by atoms with Gasteiger partial charge in [-0.05, 0) is 0 Å². The number of nitrogens with zero attached hydrogens (tertiary/aromatic N) is 1. The standard InChI is InChI=1S/C9H8BNO3.2H2/c12-10(13)9-6-8(11-14-9)7-4-2-1-3-5-7;;/h1-6,12-13H;2*1H. The Labute approximate surface area is 83.9 Å². The van der Waals surface area contributed by atoms with Crippen molar-refractivity contribution in [1.82, 2.24) is 5.16 Å². The summed E-state index contributed by atoms with van der Waals surface area (Å²) in [6, 6.07) is 10.9. The first-order valence-electron chi connectivity index (χ1n) is 4.15. The Morgan fingerprint density at radius 2 is 1.93 bits per heavy atom. The van der Waals surface area contributed by atoms with Crippen molar-refractivity contribution in [3.63, 3.8) is 0 Å². The zero-order valence-electron chi connectivity index (χ0n) is 7.29. The molecule has 0 aliphatic carbocycles. The van der Waals surface area contributed by atoms with E-state index in [0.29, 0.717) is 5.69 Å². The summed E-state index contributed by atoms with van der Waals surface area (Å²) in [6.07, 6.45) is 0. The van der Waals surface area contributed by atoms with E-state index in [1.54, 1.807) is 0 Å². The van der Waals surface area contributed by atoms with Crippen molar-refractivity contribution in [3.05, 3.63) is 36.4 Å². The molecule has 74 valence electrons. The summed E-state index contributed by atoms with van der Waals surface area (Å²) in [4.78, 5) is 0. The minimum absolute atomic E-state index is 0. The summed E-state index contributed by atoms with van der Waals surface area (Å²) in [6.45, 7) is 0. The van der Waals surface area contributed by atoms with Gasteiger partial charge in [-0.2, -0.15) is 0 Å². The Morgan fingerprint density at radius 3 is 2.50 bits per heavy atom. The van der Waals surface area contributed by atoms with Crippen LogP contribution in [0, 0.1) is 0 Å². The molecule has 14 heavy (non-hydrogen) atoms. The molecule has 0 fully saturated rings. The lowest BCUT2D eigenvalue weighted by Gasteiger charge is -1.91. The molecule has 0 amide bonds. The Bertz CT molecular complexity index is 422. The van der Waals surface area contributed by atoms with E-state index in [-0.39, 0.29) is 8.51 Å². The fourth-order valence-electron chi connectivity index (χ4n) is 1.16. The fourth-order valence-corrected chi connectivity index (χ4v) is 1.16. The molecule has 0 spiro atoms. The molecule has 1 aromatic heterocycles. The van der Waals surface area contributed by atoms with E-state index < -0.39 is 7.12 Å². The molecular formula is C9H12BNO3. The van der Waals surface area contributed by atoms with Crippen molar-refractivity contribution in [2.24, 2.45) is 0 Å². The number of rotatable bonds is 2. The zero-order valence-corrected chi connectivity index (χ0v) is 7.29. The minimum Gasteiger partial charge on any atom is -0.421 e. The van der Waals surface area contributed by atoms with Gasteiger partial charge in [-0.1, -0.05) is 35.5 Å². The van der Waals surface area contributed by atoms with Crippen LogP contribution in [0.2, 0.25) is 0 Å². The SMILES string of the molecule is OB(O)c1cc(-c2ccccc2)no1.[HH].[HH]. The summed E-state index contributed by atoms with van der Waals surface area (Å²) in [5, 5.41) is 21.3. The topological polar surface area (TPSA) is 66.5 Å². The lowest BCUT2D eigenvalue weighted by Crippen LogP contribution is -2.28. The number of aromatic nitrogens is 1. The van der Waals surface area contributed by atoms with Gasteiger partial charge in [0.05, 0.1) is 0 Å². The molecule has 2 aromatic rings. The summed E-state index contributed by atoms with van der Waals surface area (Å²) >= 11 is 0. The van der Waals surface area contributed by atoms with E-state index in [9.17, 15) is 0 Å². The summed E-state index contributed by atoms with van der Waals surface area (Å²) in [5.74, 6) is 0. The van der Waals surface area contributed by atoms with Crippen LogP contribution in [0.25, 0.3) is 11.3 Å².